The summed E-state index contributed by atoms with van der Waals surface area (Å²) in [5.41, 5.74) is 14.1. The fraction of sp³-hybridized carbons (Fsp3) is 0.0476. The van der Waals surface area contributed by atoms with Gasteiger partial charge >= 0.3 is 0 Å². The topological polar surface area (TPSA) is 25.8 Å². The zero-order valence-electron chi connectivity index (χ0n) is 25.6. The Morgan fingerprint density at radius 1 is 0.356 bits per heavy atom. The molecule has 0 aliphatic rings. The molecule has 0 bridgehead atoms. The predicted molar refractivity (Wildman–Crippen MR) is 193 cm³/mol. The maximum absolute atomic E-state index is 4.53. The van der Waals surface area contributed by atoms with Gasteiger partial charge < -0.3 is 0 Å². The first kappa shape index (κ1) is 28.4. The second-order valence-electron chi connectivity index (χ2n) is 11.7. The van der Waals surface area contributed by atoms with Gasteiger partial charge in [0.25, 0.3) is 0 Å². The Balaban J connectivity index is 1.30. The van der Waals surface area contributed by atoms with Crippen molar-refractivity contribution in [3.8, 4) is 67.0 Å². The standard InChI is InChI=1S/C42H34N2Si/c1-45(2)36-28-34(39-13-5-3-11-37(39)30-17-21-32(22-18-30)41-15-7-9-25-43-41)27-35(29-36)40-14-6-4-12-38(40)31-19-23-33(24-20-31)42-16-8-10-26-44-42/h3-29,45H,1-2H3. The molecular formula is C42H34N2Si. The molecule has 216 valence electrons. The molecule has 0 unspecified atom stereocenters. The van der Waals surface area contributed by atoms with Gasteiger partial charge in [0.15, 0.2) is 0 Å². The molecule has 0 aliphatic carbocycles. The Hall–Kier alpha value is -5.38. The molecular weight excluding hydrogens is 561 g/mol. The maximum Gasteiger partial charge on any atom is 0.0701 e. The molecule has 0 atom stereocenters. The number of rotatable bonds is 7. The van der Waals surface area contributed by atoms with Gasteiger partial charge in [0.1, 0.15) is 0 Å². The summed E-state index contributed by atoms with van der Waals surface area (Å²) in [7, 11) is -1.11. The van der Waals surface area contributed by atoms with Crippen molar-refractivity contribution in [3.63, 3.8) is 0 Å². The summed E-state index contributed by atoms with van der Waals surface area (Å²) >= 11 is 0. The average molecular weight is 595 g/mol. The van der Waals surface area contributed by atoms with E-state index in [0.29, 0.717) is 0 Å². The van der Waals surface area contributed by atoms with Crippen LogP contribution in [0.5, 0.6) is 0 Å². The van der Waals surface area contributed by atoms with Gasteiger partial charge in [-0.05, 0) is 74.8 Å². The third kappa shape index (κ3) is 6.04. The van der Waals surface area contributed by atoms with Gasteiger partial charge in [-0.1, -0.05) is 140 Å². The van der Waals surface area contributed by atoms with Crippen LogP contribution in [0.3, 0.4) is 0 Å². The molecule has 3 heteroatoms. The molecule has 0 spiro atoms. The summed E-state index contributed by atoms with van der Waals surface area (Å²) in [4.78, 5) is 9.06. The SMILES string of the molecule is C[SiH](C)c1cc(-c2ccccc2-c2ccc(-c3ccccn3)cc2)cc(-c2ccccc2-c2ccc(-c3ccccn3)cc2)c1. The van der Waals surface area contributed by atoms with Crippen LogP contribution < -0.4 is 5.19 Å². The summed E-state index contributed by atoms with van der Waals surface area (Å²) < 4.78 is 0. The Labute approximate surface area is 267 Å². The molecule has 2 aromatic heterocycles. The van der Waals surface area contributed by atoms with Crippen molar-refractivity contribution in [2.45, 2.75) is 13.1 Å². The number of hydrogen-bond donors (Lipinski definition) is 0. The number of pyridine rings is 2. The summed E-state index contributed by atoms with van der Waals surface area (Å²) in [6.07, 6.45) is 3.69. The third-order valence-electron chi connectivity index (χ3n) is 8.41. The second kappa shape index (κ2) is 12.7. The van der Waals surface area contributed by atoms with E-state index in [0.717, 1.165) is 22.5 Å². The van der Waals surface area contributed by atoms with E-state index in [-0.39, 0.29) is 0 Å². The summed E-state index contributed by atoms with van der Waals surface area (Å²) in [5, 5.41) is 1.46. The molecule has 0 radical (unpaired) electrons. The van der Waals surface area contributed by atoms with Gasteiger partial charge in [-0.2, -0.15) is 0 Å². The summed E-state index contributed by atoms with van der Waals surface area (Å²) in [6, 6.07) is 54.4. The van der Waals surface area contributed by atoms with Gasteiger partial charge in [0.05, 0.1) is 20.2 Å². The van der Waals surface area contributed by atoms with Crippen LogP contribution in [0.4, 0.5) is 0 Å². The Morgan fingerprint density at radius 3 is 1.07 bits per heavy atom. The Morgan fingerprint density at radius 2 is 0.711 bits per heavy atom. The van der Waals surface area contributed by atoms with Crippen molar-refractivity contribution in [1.82, 2.24) is 9.97 Å². The van der Waals surface area contributed by atoms with E-state index in [2.05, 4.69) is 150 Å². The second-order valence-corrected chi connectivity index (χ2v) is 14.7. The van der Waals surface area contributed by atoms with Crippen LogP contribution in [0.25, 0.3) is 67.0 Å². The van der Waals surface area contributed by atoms with E-state index in [1.165, 1.54) is 49.7 Å². The average Bonchev–Trinajstić information content (AvgIpc) is 3.12. The smallest absolute Gasteiger partial charge is 0.0701 e. The fourth-order valence-corrected chi connectivity index (χ4v) is 7.00. The fourth-order valence-electron chi connectivity index (χ4n) is 5.98. The van der Waals surface area contributed by atoms with Crippen LogP contribution in [0.15, 0.2) is 164 Å². The lowest BCUT2D eigenvalue weighted by Crippen LogP contribution is -2.22. The van der Waals surface area contributed by atoms with Crippen molar-refractivity contribution in [3.05, 3.63) is 164 Å². The minimum atomic E-state index is -1.11. The molecule has 0 saturated heterocycles. The van der Waals surface area contributed by atoms with E-state index in [4.69, 9.17) is 0 Å². The minimum absolute atomic E-state index is 0.988. The van der Waals surface area contributed by atoms with Gasteiger partial charge in [-0.15, -0.1) is 0 Å². The van der Waals surface area contributed by atoms with Crippen molar-refractivity contribution in [2.24, 2.45) is 0 Å². The normalized spacial score (nSPS) is 11.1. The minimum Gasteiger partial charge on any atom is -0.256 e. The van der Waals surface area contributed by atoms with Crippen molar-refractivity contribution >= 4 is 14.0 Å². The number of benzene rings is 5. The molecule has 2 nitrogen and oxygen atoms in total. The maximum atomic E-state index is 4.53. The number of nitrogens with zero attached hydrogens (tertiary/aromatic N) is 2. The monoisotopic (exact) mass is 594 g/mol. The van der Waals surface area contributed by atoms with E-state index in [1.807, 2.05) is 36.7 Å². The van der Waals surface area contributed by atoms with Gasteiger partial charge in [-0.25, -0.2) is 0 Å². The van der Waals surface area contributed by atoms with Gasteiger partial charge in [-0.3, -0.25) is 9.97 Å². The highest BCUT2D eigenvalue weighted by atomic mass is 28.3. The highest BCUT2D eigenvalue weighted by Crippen LogP contribution is 2.37. The lowest BCUT2D eigenvalue weighted by atomic mass is 9.90. The molecule has 0 aliphatic heterocycles. The summed E-state index contributed by atoms with van der Waals surface area (Å²) in [6.45, 7) is 4.82. The van der Waals surface area contributed by atoms with Crippen LogP contribution in [0.1, 0.15) is 0 Å². The molecule has 0 fully saturated rings. The van der Waals surface area contributed by atoms with E-state index < -0.39 is 8.80 Å². The molecule has 7 rings (SSSR count). The predicted octanol–water partition coefficient (Wildman–Crippen LogP) is 10.2. The van der Waals surface area contributed by atoms with Crippen LogP contribution in [-0.4, -0.2) is 18.8 Å². The van der Waals surface area contributed by atoms with E-state index >= 15 is 0 Å². The highest BCUT2D eigenvalue weighted by Gasteiger charge is 2.15. The Bertz CT molecular complexity index is 1910. The van der Waals surface area contributed by atoms with Crippen LogP contribution in [0, 0.1) is 0 Å². The lowest BCUT2D eigenvalue weighted by Gasteiger charge is -2.17. The number of hydrogen-bond acceptors (Lipinski definition) is 2. The number of aromatic nitrogens is 2. The van der Waals surface area contributed by atoms with Gasteiger partial charge in [0, 0.05) is 23.5 Å². The largest absolute Gasteiger partial charge is 0.256 e. The van der Waals surface area contributed by atoms with E-state index in [9.17, 15) is 0 Å². The molecule has 0 saturated carbocycles. The van der Waals surface area contributed by atoms with Crippen molar-refractivity contribution < 1.29 is 0 Å². The van der Waals surface area contributed by atoms with Gasteiger partial charge in [0.2, 0.25) is 0 Å². The lowest BCUT2D eigenvalue weighted by molar-refractivity contribution is 1.33. The van der Waals surface area contributed by atoms with Crippen molar-refractivity contribution in [2.75, 3.05) is 0 Å². The third-order valence-corrected chi connectivity index (χ3v) is 10.1. The van der Waals surface area contributed by atoms with Crippen LogP contribution in [-0.2, 0) is 0 Å². The van der Waals surface area contributed by atoms with Crippen molar-refractivity contribution in [1.29, 1.82) is 0 Å². The quantitative estimate of drug-likeness (QED) is 0.172. The first-order chi connectivity index (χ1) is 22.1. The molecule has 0 N–H and O–H groups in total. The van der Waals surface area contributed by atoms with E-state index in [1.54, 1.807) is 0 Å². The summed E-state index contributed by atoms with van der Waals surface area (Å²) in [5.74, 6) is 0. The molecule has 7 aromatic rings. The molecule has 5 aromatic carbocycles. The zero-order valence-corrected chi connectivity index (χ0v) is 26.7. The highest BCUT2D eigenvalue weighted by molar-refractivity contribution is 6.71. The molecule has 45 heavy (non-hydrogen) atoms. The molecule has 0 amide bonds. The zero-order chi connectivity index (χ0) is 30.6. The van der Waals surface area contributed by atoms with Crippen LogP contribution >= 0.6 is 0 Å². The first-order valence-electron chi connectivity index (χ1n) is 15.5. The van der Waals surface area contributed by atoms with Crippen LogP contribution in [0.2, 0.25) is 13.1 Å². The first-order valence-corrected chi connectivity index (χ1v) is 18.4. The molecule has 2 heterocycles. The Kier molecular flexibility index (Phi) is 8.01.